The third kappa shape index (κ3) is 0.868. The largest absolute Gasteiger partial charge is 0.277 e. The molecule has 0 amide bonds. The smallest absolute Gasteiger partial charge is 0.267 e. The highest BCUT2D eigenvalue weighted by molar-refractivity contribution is 5.77. The zero-order chi connectivity index (χ0) is 8.55. The molecule has 1 heterocycles. The van der Waals surface area contributed by atoms with Crippen molar-refractivity contribution in [3.63, 3.8) is 0 Å². The maximum absolute atomic E-state index is 13.0. The van der Waals surface area contributed by atoms with Crippen LogP contribution in [0.1, 0.15) is 0 Å². The summed E-state index contributed by atoms with van der Waals surface area (Å²) in [7, 11) is 0. The van der Waals surface area contributed by atoms with E-state index in [1.807, 2.05) is 0 Å². The van der Waals surface area contributed by atoms with Crippen LogP contribution in [0, 0.1) is 5.82 Å². The molecule has 0 saturated heterocycles. The first kappa shape index (κ1) is 6.90. The second-order valence-corrected chi connectivity index (χ2v) is 2.27. The molecule has 2 aromatic rings. The Morgan fingerprint density at radius 3 is 3.00 bits per heavy atom. The third-order valence-electron chi connectivity index (χ3n) is 1.53. The van der Waals surface area contributed by atoms with E-state index in [4.69, 9.17) is 0 Å². The van der Waals surface area contributed by atoms with Crippen molar-refractivity contribution in [1.29, 1.82) is 0 Å². The van der Waals surface area contributed by atoms with Crippen molar-refractivity contribution in [1.82, 2.24) is 15.4 Å². The third-order valence-corrected chi connectivity index (χ3v) is 1.53. The Hall–Kier alpha value is -1.78. The quantitative estimate of drug-likeness (QED) is 0.616. The molecular weight excluding hydrogens is 161 g/mol. The van der Waals surface area contributed by atoms with Crippen molar-refractivity contribution in [2.24, 2.45) is 0 Å². The topological polar surface area (TPSA) is 58.6 Å². The van der Waals surface area contributed by atoms with E-state index in [0.717, 1.165) is 0 Å². The number of nitrogens with zero attached hydrogens (tertiary/aromatic N) is 2. The lowest BCUT2D eigenvalue weighted by Crippen LogP contribution is -2.11. The maximum Gasteiger partial charge on any atom is 0.277 e. The Morgan fingerprint density at radius 1 is 1.42 bits per heavy atom. The van der Waals surface area contributed by atoms with Crippen LogP contribution in [0.25, 0.3) is 10.9 Å². The number of nitrogens with one attached hydrogen (secondary N) is 1. The van der Waals surface area contributed by atoms with Gasteiger partial charge in [-0.05, 0) is 12.1 Å². The van der Waals surface area contributed by atoms with Gasteiger partial charge < -0.3 is 0 Å². The molecule has 0 aliphatic rings. The zero-order valence-corrected chi connectivity index (χ0v) is 5.91. The second-order valence-electron chi connectivity index (χ2n) is 2.27. The van der Waals surface area contributed by atoms with Crippen molar-refractivity contribution >= 4 is 10.9 Å². The second kappa shape index (κ2) is 2.37. The lowest BCUT2D eigenvalue weighted by atomic mass is 10.2. The van der Waals surface area contributed by atoms with E-state index in [-0.39, 0.29) is 10.9 Å². The minimum Gasteiger partial charge on any atom is -0.267 e. The predicted octanol–water partition coefficient (Wildman–Crippen LogP) is 0.457. The number of benzene rings is 1. The van der Waals surface area contributed by atoms with Gasteiger partial charge in [-0.1, -0.05) is 11.3 Å². The van der Waals surface area contributed by atoms with Crippen LogP contribution >= 0.6 is 0 Å². The van der Waals surface area contributed by atoms with E-state index in [1.54, 1.807) is 0 Å². The molecule has 0 spiro atoms. The van der Waals surface area contributed by atoms with Crippen LogP contribution in [0.4, 0.5) is 4.39 Å². The Bertz CT molecular complexity index is 474. The van der Waals surface area contributed by atoms with Crippen LogP contribution in [-0.2, 0) is 0 Å². The molecule has 0 saturated carbocycles. The molecule has 0 bridgehead atoms. The Balaban J connectivity index is 3.07. The SMILES string of the molecule is O=c1[nH]nnc2cccc(F)c12. The summed E-state index contributed by atoms with van der Waals surface area (Å²) in [5.41, 5.74) is -0.295. The summed E-state index contributed by atoms with van der Waals surface area (Å²) in [6, 6.07) is 4.21. The zero-order valence-electron chi connectivity index (χ0n) is 5.91. The number of hydrogen-bond donors (Lipinski definition) is 1. The minimum atomic E-state index is -0.580. The molecular formula is C7H4FN3O. The van der Waals surface area contributed by atoms with Gasteiger partial charge in [-0.25, -0.2) is 9.49 Å². The van der Waals surface area contributed by atoms with Crippen molar-refractivity contribution in [3.05, 3.63) is 34.4 Å². The van der Waals surface area contributed by atoms with Crippen molar-refractivity contribution < 1.29 is 4.39 Å². The molecule has 0 atom stereocenters. The highest BCUT2D eigenvalue weighted by atomic mass is 19.1. The van der Waals surface area contributed by atoms with E-state index >= 15 is 0 Å². The number of rotatable bonds is 0. The van der Waals surface area contributed by atoms with Crippen LogP contribution in [0.15, 0.2) is 23.0 Å². The summed E-state index contributed by atoms with van der Waals surface area (Å²) in [6.07, 6.45) is 0. The van der Waals surface area contributed by atoms with Crippen molar-refractivity contribution in [3.8, 4) is 0 Å². The number of H-pyrrole nitrogens is 1. The molecule has 0 fully saturated rings. The van der Waals surface area contributed by atoms with Crippen LogP contribution in [0.3, 0.4) is 0 Å². The van der Waals surface area contributed by atoms with Crippen LogP contribution in [0.2, 0.25) is 0 Å². The maximum atomic E-state index is 13.0. The van der Waals surface area contributed by atoms with E-state index in [2.05, 4.69) is 15.4 Å². The summed E-state index contributed by atoms with van der Waals surface area (Å²) in [5, 5.41) is 8.87. The van der Waals surface area contributed by atoms with Gasteiger partial charge in [-0.3, -0.25) is 4.79 Å². The van der Waals surface area contributed by atoms with Gasteiger partial charge in [-0.15, -0.1) is 5.10 Å². The first-order chi connectivity index (χ1) is 5.79. The average molecular weight is 165 g/mol. The summed E-state index contributed by atoms with van der Waals surface area (Å²) in [4.78, 5) is 11.0. The Labute approximate surface area is 66.0 Å². The van der Waals surface area contributed by atoms with Crippen LogP contribution in [0.5, 0.6) is 0 Å². The van der Waals surface area contributed by atoms with E-state index in [1.165, 1.54) is 18.2 Å². The summed E-state index contributed by atoms with van der Waals surface area (Å²) >= 11 is 0. The van der Waals surface area contributed by atoms with Gasteiger partial charge in [0, 0.05) is 0 Å². The summed E-state index contributed by atoms with van der Waals surface area (Å²) in [5.74, 6) is -0.580. The fraction of sp³-hybridized carbons (Fsp3) is 0. The lowest BCUT2D eigenvalue weighted by Gasteiger charge is -1.93. The molecule has 1 N–H and O–H groups in total. The first-order valence-corrected chi connectivity index (χ1v) is 3.28. The van der Waals surface area contributed by atoms with Gasteiger partial charge >= 0.3 is 0 Å². The molecule has 0 aliphatic carbocycles. The van der Waals surface area contributed by atoms with Crippen LogP contribution < -0.4 is 5.56 Å². The van der Waals surface area contributed by atoms with Crippen LogP contribution in [-0.4, -0.2) is 15.4 Å². The summed E-state index contributed by atoms with van der Waals surface area (Å²) in [6.45, 7) is 0. The van der Waals surface area contributed by atoms with E-state index < -0.39 is 11.4 Å². The molecule has 12 heavy (non-hydrogen) atoms. The number of hydrogen-bond acceptors (Lipinski definition) is 3. The molecule has 2 rings (SSSR count). The molecule has 4 nitrogen and oxygen atoms in total. The predicted molar refractivity (Wildman–Crippen MR) is 40.1 cm³/mol. The van der Waals surface area contributed by atoms with Crippen molar-refractivity contribution in [2.75, 3.05) is 0 Å². The fourth-order valence-corrected chi connectivity index (χ4v) is 1.00. The Kier molecular flexibility index (Phi) is 1.36. The standard InChI is InChI=1S/C7H4FN3O/c8-4-2-1-3-5-6(4)7(12)10-11-9-5/h1-3H,(H,9,10,12). The Morgan fingerprint density at radius 2 is 2.25 bits per heavy atom. The van der Waals surface area contributed by atoms with Gasteiger partial charge in [0.1, 0.15) is 16.7 Å². The molecule has 1 aromatic heterocycles. The monoisotopic (exact) mass is 165 g/mol. The molecule has 0 unspecified atom stereocenters. The number of aromatic nitrogens is 3. The highest BCUT2D eigenvalue weighted by Crippen LogP contribution is 2.08. The molecule has 0 aliphatic heterocycles. The summed E-state index contributed by atoms with van der Waals surface area (Å²) < 4.78 is 13.0. The van der Waals surface area contributed by atoms with Gasteiger partial charge in [0.15, 0.2) is 0 Å². The number of fused-ring (bicyclic) bond motifs is 1. The molecule has 1 aromatic carbocycles. The van der Waals surface area contributed by atoms with Gasteiger partial charge in [0.05, 0.1) is 0 Å². The molecule has 5 heteroatoms. The molecule has 60 valence electrons. The van der Waals surface area contributed by atoms with E-state index in [9.17, 15) is 9.18 Å². The van der Waals surface area contributed by atoms with Gasteiger partial charge in [0.2, 0.25) is 0 Å². The number of halogens is 1. The van der Waals surface area contributed by atoms with Crippen molar-refractivity contribution in [2.45, 2.75) is 0 Å². The van der Waals surface area contributed by atoms with Gasteiger partial charge in [-0.2, -0.15) is 0 Å². The fourth-order valence-electron chi connectivity index (χ4n) is 1.00. The first-order valence-electron chi connectivity index (χ1n) is 3.28. The molecule has 0 radical (unpaired) electrons. The lowest BCUT2D eigenvalue weighted by molar-refractivity contribution is 0.636. The average Bonchev–Trinajstić information content (AvgIpc) is 2.04. The number of aromatic amines is 1. The minimum absolute atomic E-state index is 0.0486. The van der Waals surface area contributed by atoms with E-state index in [0.29, 0.717) is 0 Å². The highest BCUT2D eigenvalue weighted by Gasteiger charge is 2.04. The normalized spacial score (nSPS) is 10.4. The van der Waals surface area contributed by atoms with Gasteiger partial charge in [0.25, 0.3) is 5.56 Å².